The van der Waals surface area contributed by atoms with Crippen molar-refractivity contribution in [2.45, 2.75) is 194 Å². The second-order valence-corrected chi connectivity index (χ2v) is 16.5. The third kappa shape index (κ3) is 51.9. The highest BCUT2D eigenvalue weighted by Crippen LogP contribution is 2.12. The minimum atomic E-state index is -0.838. The molecule has 0 bridgehead atoms. The summed E-state index contributed by atoms with van der Waals surface area (Å²) in [7, 11) is 0. The van der Waals surface area contributed by atoms with E-state index >= 15 is 0 Å². The van der Waals surface area contributed by atoms with Gasteiger partial charge >= 0.3 is 17.9 Å². The van der Waals surface area contributed by atoms with Crippen molar-refractivity contribution < 1.29 is 28.6 Å². The summed E-state index contributed by atoms with van der Waals surface area (Å²) in [6, 6.07) is 0. The van der Waals surface area contributed by atoms with E-state index in [1.807, 2.05) is 60.8 Å². The largest absolute Gasteiger partial charge is 0.462 e. The number of ether oxygens (including phenoxy) is 3. The fraction of sp³-hybridized carbons (Fsp3) is 0.525. The van der Waals surface area contributed by atoms with Crippen molar-refractivity contribution in [2.75, 3.05) is 13.2 Å². The molecule has 6 heteroatoms. The van der Waals surface area contributed by atoms with Gasteiger partial charge in [0.2, 0.25) is 0 Å². The highest BCUT2D eigenvalue weighted by molar-refractivity contribution is 5.71. The van der Waals surface area contributed by atoms with Crippen LogP contribution in [0.5, 0.6) is 0 Å². The third-order valence-electron chi connectivity index (χ3n) is 10.2. The first-order chi connectivity index (χ1) is 33.0. The van der Waals surface area contributed by atoms with Gasteiger partial charge in [-0.2, -0.15) is 0 Å². The summed E-state index contributed by atoms with van der Waals surface area (Å²) in [5.41, 5.74) is 0. The second-order valence-electron chi connectivity index (χ2n) is 16.5. The fourth-order valence-corrected chi connectivity index (χ4v) is 6.35. The molecule has 0 rings (SSSR count). The van der Waals surface area contributed by atoms with Crippen LogP contribution in [0, 0.1) is 0 Å². The van der Waals surface area contributed by atoms with Crippen LogP contribution in [0.1, 0.15) is 188 Å². The average Bonchev–Trinajstić information content (AvgIpc) is 3.33. The maximum absolute atomic E-state index is 12.8. The molecular weight excluding hydrogens is 829 g/mol. The Balaban J connectivity index is 4.63. The van der Waals surface area contributed by atoms with Gasteiger partial charge in [-0.1, -0.05) is 230 Å². The minimum Gasteiger partial charge on any atom is -0.462 e. The molecule has 0 aliphatic rings. The van der Waals surface area contributed by atoms with Crippen molar-refractivity contribution in [2.24, 2.45) is 0 Å². The van der Waals surface area contributed by atoms with Crippen LogP contribution in [0.3, 0.4) is 0 Å². The molecule has 372 valence electrons. The van der Waals surface area contributed by atoms with Crippen molar-refractivity contribution in [1.29, 1.82) is 0 Å². The van der Waals surface area contributed by atoms with E-state index in [0.29, 0.717) is 19.3 Å². The molecule has 0 spiro atoms. The molecule has 6 nitrogen and oxygen atoms in total. The van der Waals surface area contributed by atoms with Crippen LogP contribution in [0.25, 0.3) is 0 Å². The van der Waals surface area contributed by atoms with Crippen molar-refractivity contribution in [3.63, 3.8) is 0 Å². The maximum Gasteiger partial charge on any atom is 0.306 e. The molecule has 0 N–H and O–H groups in total. The lowest BCUT2D eigenvalue weighted by molar-refractivity contribution is -0.167. The Morgan fingerprint density at radius 2 is 0.657 bits per heavy atom. The van der Waals surface area contributed by atoms with Gasteiger partial charge in [0.15, 0.2) is 6.10 Å². The van der Waals surface area contributed by atoms with E-state index in [9.17, 15) is 14.4 Å². The lowest BCUT2D eigenvalue weighted by Gasteiger charge is -2.18. The number of hydrogen-bond donors (Lipinski definition) is 0. The van der Waals surface area contributed by atoms with Gasteiger partial charge in [-0.25, -0.2) is 0 Å². The molecule has 1 unspecified atom stereocenters. The standard InChI is InChI=1S/C61H92O6/c1-4-7-10-13-16-19-22-25-28-30-33-36-39-42-45-48-51-54-60(63)66-57-58(56-65-59(62)53-50-47-44-41-38-35-32-27-24-21-18-15-12-9-6-3)67-61(64)55-52-49-46-43-40-37-34-31-29-26-23-20-17-14-11-8-5-2/h7,9-10,12-13,15-22,24-26,28-30,33-34,36-37,39,43,46,58H,4-6,8,11,14,23,27,31-32,35,38,40-42,44-45,47-57H2,1-3H3/b10-7-,12-9-,16-13-,18-15-,20-17-,22-19-,24-21-,28-25-,29-26-,33-30+,37-34-,39-36-,46-43-. The van der Waals surface area contributed by atoms with E-state index < -0.39 is 6.10 Å². The van der Waals surface area contributed by atoms with Crippen LogP contribution in [0.2, 0.25) is 0 Å². The summed E-state index contributed by atoms with van der Waals surface area (Å²) in [5, 5.41) is 0. The van der Waals surface area contributed by atoms with Crippen molar-refractivity contribution >= 4 is 17.9 Å². The zero-order valence-corrected chi connectivity index (χ0v) is 42.3. The van der Waals surface area contributed by atoms with Crippen molar-refractivity contribution in [3.8, 4) is 0 Å². The quantitative estimate of drug-likeness (QED) is 0.0199. The zero-order chi connectivity index (χ0) is 48.6. The summed E-state index contributed by atoms with van der Waals surface area (Å²) in [6.45, 7) is 6.21. The molecule has 67 heavy (non-hydrogen) atoms. The van der Waals surface area contributed by atoms with E-state index in [1.165, 1.54) is 44.9 Å². The third-order valence-corrected chi connectivity index (χ3v) is 10.2. The maximum atomic E-state index is 12.8. The smallest absolute Gasteiger partial charge is 0.306 e. The van der Waals surface area contributed by atoms with E-state index in [4.69, 9.17) is 14.2 Å². The highest BCUT2D eigenvalue weighted by atomic mass is 16.6. The van der Waals surface area contributed by atoms with Crippen LogP contribution in [-0.4, -0.2) is 37.2 Å². The normalized spacial score (nSPS) is 13.4. The van der Waals surface area contributed by atoms with E-state index in [0.717, 1.165) is 89.9 Å². The monoisotopic (exact) mass is 921 g/mol. The van der Waals surface area contributed by atoms with Crippen LogP contribution < -0.4 is 0 Å². The molecule has 1 atom stereocenters. The predicted molar refractivity (Wildman–Crippen MR) is 288 cm³/mol. The van der Waals surface area contributed by atoms with Crippen molar-refractivity contribution in [1.82, 2.24) is 0 Å². The van der Waals surface area contributed by atoms with Gasteiger partial charge in [-0.3, -0.25) is 14.4 Å². The number of unbranched alkanes of at least 4 members (excludes halogenated alkanes) is 14. The van der Waals surface area contributed by atoms with Crippen LogP contribution in [0.15, 0.2) is 158 Å². The van der Waals surface area contributed by atoms with Gasteiger partial charge in [0.05, 0.1) is 0 Å². The van der Waals surface area contributed by atoms with Crippen LogP contribution in [0.4, 0.5) is 0 Å². The summed E-state index contributed by atoms with van der Waals surface area (Å²) >= 11 is 0. The predicted octanol–water partition coefficient (Wildman–Crippen LogP) is 17.4. The van der Waals surface area contributed by atoms with E-state index in [2.05, 4.69) is 118 Å². The zero-order valence-electron chi connectivity index (χ0n) is 42.3. The molecule has 0 saturated carbocycles. The number of carbonyl (C=O) groups excluding carboxylic acids is 3. The Labute approximate surface area is 409 Å². The number of carbonyl (C=O) groups is 3. The molecule has 0 aromatic heterocycles. The van der Waals surface area contributed by atoms with Gasteiger partial charge < -0.3 is 14.2 Å². The number of rotatable bonds is 44. The summed E-state index contributed by atoms with van der Waals surface area (Å²) in [4.78, 5) is 38.0. The van der Waals surface area contributed by atoms with Gasteiger partial charge in [0.25, 0.3) is 0 Å². The number of esters is 3. The van der Waals surface area contributed by atoms with E-state index in [1.54, 1.807) is 0 Å². The Bertz CT molecular complexity index is 1570. The molecule has 0 aromatic carbocycles. The molecule has 0 amide bonds. The Morgan fingerprint density at radius 3 is 1.10 bits per heavy atom. The van der Waals surface area contributed by atoms with Gasteiger partial charge in [0, 0.05) is 19.3 Å². The van der Waals surface area contributed by atoms with Crippen LogP contribution >= 0.6 is 0 Å². The van der Waals surface area contributed by atoms with Crippen LogP contribution in [-0.2, 0) is 28.6 Å². The lowest BCUT2D eigenvalue weighted by atomic mass is 10.1. The van der Waals surface area contributed by atoms with Gasteiger partial charge in [-0.15, -0.1) is 0 Å². The second kappa shape index (κ2) is 53.6. The minimum absolute atomic E-state index is 0.129. The van der Waals surface area contributed by atoms with E-state index in [-0.39, 0.29) is 44.0 Å². The first kappa shape index (κ1) is 62.0. The molecule has 0 aliphatic heterocycles. The summed E-state index contributed by atoms with van der Waals surface area (Å²) in [6.07, 6.45) is 77.9. The SMILES string of the molecule is CC\C=C/C=C\C=C/C=C\C=C\C=C/CCCCCC(=O)OCC(COC(=O)CCCCCCCCC\C=C/C=C\C=C/CC)OC(=O)CCC/C=C\C/C=C\C/C=C\C/C=C\CCCCC. The van der Waals surface area contributed by atoms with Gasteiger partial charge in [0.1, 0.15) is 13.2 Å². The summed E-state index contributed by atoms with van der Waals surface area (Å²) < 4.78 is 16.7. The van der Waals surface area contributed by atoms with Gasteiger partial charge in [-0.05, 0) is 96.3 Å². The Morgan fingerprint density at radius 1 is 0.328 bits per heavy atom. The molecule has 0 aliphatic carbocycles. The van der Waals surface area contributed by atoms with Crippen molar-refractivity contribution in [3.05, 3.63) is 158 Å². The highest BCUT2D eigenvalue weighted by Gasteiger charge is 2.19. The lowest BCUT2D eigenvalue weighted by Crippen LogP contribution is -2.30. The topological polar surface area (TPSA) is 78.9 Å². The molecule has 0 radical (unpaired) electrons. The fourth-order valence-electron chi connectivity index (χ4n) is 6.35. The average molecular weight is 921 g/mol. The molecule has 0 saturated heterocycles. The Hall–Kier alpha value is -4.97. The first-order valence-corrected chi connectivity index (χ1v) is 26.1. The first-order valence-electron chi connectivity index (χ1n) is 26.1. The molecular formula is C61H92O6. The Kier molecular flexibility index (Phi) is 49.7. The molecule has 0 fully saturated rings. The molecule has 0 heterocycles. The number of hydrogen-bond acceptors (Lipinski definition) is 6. The summed E-state index contributed by atoms with van der Waals surface area (Å²) in [5.74, 6) is -1.06. The molecule has 0 aromatic rings. The number of allylic oxidation sites excluding steroid dienone is 26.